The van der Waals surface area contributed by atoms with Gasteiger partial charge in [0.2, 0.25) is 0 Å². The maximum atomic E-state index is 12.3. The normalized spacial score (nSPS) is 11.1. The Morgan fingerprint density at radius 2 is 1.97 bits per heavy atom. The lowest BCUT2D eigenvalue weighted by Crippen LogP contribution is -2.24. The molecule has 0 saturated heterocycles. The average Bonchev–Trinajstić information content (AvgIpc) is 3.15. The number of fused-ring (bicyclic) bond motifs is 1. The van der Waals surface area contributed by atoms with Crippen molar-refractivity contribution in [2.24, 2.45) is 5.10 Å². The lowest BCUT2D eigenvalue weighted by Gasteiger charge is -2.14. The van der Waals surface area contributed by atoms with Crippen LogP contribution in [0.1, 0.15) is 22.5 Å². The first-order valence-corrected chi connectivity index (χ1v) is 12.0. The molecule has 0 aliphatic carbocycles. The van der Waals surface area contributed by atoms with E-state index in [0.717, 1.165) is 16.3 Å². The van der Waals surface area contributed by atoms with E-state index in [9.17, 15) is 14.9 Å². The number of aromatic nitrogens is 2. The van der Waals surface area contributed by atoms with Crippen molar-refractivity contribution >= 4 is 44.5 Å². The summed E-state index contributed by atoms with van der Waals surface area (Å²) in [6.45, 7) is 3.22. The summed E-state index contributed by atoms with van der Waals surface area (Å²) in [5.74, 6) is 0.567. The zero-order chi connectivity index (χ0) is 26.5. The number of hydrogen-bond acceptors (Lipinski definition) is 7. The Morgan fingerprint density at radius 3 is 2.70 bits per heavy atom. The highest BCUT2D eigenvalue weighted by atomic mass is 79.9. The number of benzene rings is 3. The largest absolute Gasteiger partial charge is 0.493 e. The van der Waals surface area contributed by atoms with Gasteiger partial charge in [-0.25, -0.2) is 5.43 Å². The molecule has 0 aliphatic rings. The number of aryl methyl sites for hydroxylation is 1. The van der Waals surface area contributed by atoms with Gasteiger partial charge in [0.25, 0.3) is 5.91 Å². The van der Waals surface area contributed by atoms with Crippen LogP contribution in [-0.4, -0.2) is 33.9 Å². The molecule has 4 aromatic rings. The summed E-state index contributed by atoms with van der Waals surface area (Å²) in [6, 6.07) is 17.7. The Balaban J connectivity index is 1.43. The van der Waals surface area contributed by atoms with Crippen molar-refractivity contribution in [1.82, 2.24) is 15.2 Å². The SMILES string of the molecule is COc1cc(/C=N/NC(=O)Cn2nc(C)c([N+](=O)[O-])c2C)cc(Br)c1OCc1cccc2ccccc12. The molecule has 0 fully saturated rings. The van der Waals surface area contributed by atoms with Crippen molar-refractivity contribution in [3.63, 3.8) is 0 Å². The topological polar surface area (TPSA) is 121 Å². The second kappa shape index (κ2) is 11.2. The van der Waals surface area contributed by atoms with E-state index in [4.69, 9.17) is 9.47 Å². The van der Waals surface area contributed by atoms with Gasteiger partial charge in [0, 0.05) is 0 Å². The molecule has 1 aromatic heterocycles. The second-order valence-electron chi connectivity index (χ2n) is 8.19. The number of nitrogens with zero attached hydrogens (tertiary/aromatic N) is 4. The molecule has 1 amide bonds. The third kappa shape index (κ3) is 5.78. The summed E-state index contributed by atoms with van der Waals surface area (Å²) < 4.78 is 13.6. The van der Waals surface area contributed by atoms with Crippen LogP contribution in [0.3, 0.4) is 0 Å². The Hall–Kier alpha value is -4.25. The van der Waals surface area contributed by atoms with E-state index in [1.807, 2.05) is 24.3 Å². The minimum Gasteiger partial charge on any atom is -0.493 e. The van der Waals surface area contributed by atoms with Crippen LogP contribution >= 0.6 is 15.9 Å². The highest BCUT2D eigenvalue weighted by Crippen LogP contribution is 2.37. The van der Waals surface area contributed by atoms with Gasteiger partial charge in [-0.15, -0.1) is 0 Å². The van der Waals surface area contributed by atoms with Gasteiger partial charge in [0.15, 0.2) is 11.5 Å². The van der Waals surface area contributed by atoms with Crippen molar-refractivity contribution in [3.05, 3.63) is 91.7 Å². The third-order valence-corrected chi connectivity index (χ3v) is 6.31. The first-order valence-electron chi connectivity index (χ1n) is 11.3. The molecular formula is C26H24BrN5O5. The number of carbonyl (C=O) groups is 1. The molecule has 1 heterocycles. The van der Waals surface area contributed by atoms with E-state index in [0.29, 0.717) is 33.8 Å². The maximum Gasteiger partial charge on any atom is 0.312 e. The first kappa shape index (κ1) is 25.8. The van der Waals surface area contributed by atoms with Crippen molar-refractivity contribution in [2.45, 2.75) is 27.0 Å². The van der Waals surface area contributed by atoms with Gasteiger partial charge in [-0.1, -0.05) is 42.5 Å². The van der Waals surface area contributed by atoms with Gasteiger partial charge in [0.05, 0.1) is 22.7 Å². The van der Waals surface area contributed by atoms with E-state index in [-0.39, 0.29) is 17.9 Å². The van der Waals surface area contributed by atoms with Crippen molar-refractivity contribution < 1.29 is 19.2 Å². The van der Waals surface area contributed by atoms with Gasteiger partial charge >= 0.3 is 5.69 Å². The second-order valence-corrected chi connectivity index (χ2v) is 9.04. The fraction of sp³-hybridized carbons (Fsp3) is 0.192. The lowest BCUT2D eigenvalue weighted by molar-refractivity contribution is -0.386. The summed E-state index contributed by atoms with van der Waals surface area (Å²) in [5.41, 5.74) is 4.57. The highest BCUT2D eigenvalue weighted by Gasteiger charge is 2.22. The summed E-state index contributed by atoms with van der Waals surface area (Å²) in [7, 11) is 1.54. The smallest absolute Gasteiger partial charge is 0.312 e. The predicted octanol–water partition coefficient (Wildman–Crippen LogP) is 5.06. The average molecular weight is 566 g/mol. The minimum absolute atomic E-state index is 0.101. The fourth-order valence-corrected chi connectivity index (χ4v) is 4.55. The molecule has 1 N–H and O–H groups in total. The van der Waals surface area contributed by atoms with E-state index >= 15 is 0 Å². The standard InChI is InChI=1S/C26H24BrN5O5/c1-16-25(32(34)35)17(2)31(30-16)14-24(33)29-28-13-18-11-22(27)26(23(12-18)36-3)37-15-20-9-6-8-19-7-4-5-10-21(19)20/h4-13H,14-15H2,1-3H3,(H,29,33)/b28-13+. The van der Waals surface area contributed by atoms with Gasteiger partial charge in [-0.2, -0.15) is 10.2 Å². The molecule has 10 nitrogen and oxygen atoms in total. The number of ether oxygens (including phenoxy) is 2. The Morgan fingerprint density at radius 1 is 1.22 bits per heavy atom. The molecular weight excluding hydrogens is 542 g/mol. The number of rotatable bonds is 9. The van der Waals surface area contributed by atoms with Crippen LogP contribution in [0.15, 0.2) is 64.2 Å². The quantitative estimate of drug-likeness (QED) is 0.172. The van der Waals surface area contributed by atoms with E-state index in [1.54, 1.807) is 26.2 Å². The molecule has 0 bridgehead atoms. The van der Waals surface area contributed by atoms with Crippen LogP contribution < -0.4 is 14.9 Å². The predicted molar refractivity (Wildman–Crippen MR) is 143 cm³/mol. The number of hydrogen-bond donors (Lipinski definition) is 1. The fourth-order valence-electron chi connectivity index (χ4n) is 3.98. The number of carbonyl (C=O) groups excluding carboxylic acids is 1. The molecule has 190 valence electrons. The van der Waals surface area contributed by atoms with Gasteiger partial charge in [0.1, 0.15) is 24.5 Å². The first-order chi connectivity index (χ1) is 17.8. The minimum atomic E-state index is -0.509. The van der Waals surface area contributed by atoms with E-state index in [1.165, 1.54) is 17.8 Å². The molecule has 11 heteroatoms. The van der Waals surface area contributed by atoms with Crippen molar-refractivity contribution in [2.75, 3.05) is 7.11 Å². The number of nitrogens with one attached hydrogen (secondary N) is 1. The molecule has 3 aromatic carbocycles. The van der Waals surface area contributed by atoms with Gasteiger partial charge in [-0.05, 0) is 63.8 Å². The molecule has 0 atom stereocenters. The maximum absolute atomic E-state index is 12.3. The number of methoxy groups -OCH3 is 1. The summed E-state index contributed by atoms with van der Waals surface area (Å²) in [6.07, 6.45) is 1.46. The van der Waals surface area contributed by atoms with Crippen LogP contribution in [0.4, 0.5) is 5.69 Å². The molecule has 0 aliphatic heterocycles. The summed E-state index contributed by atoms with van der Waals surface area (Å²) in [4.78, 5) is 22.9. The number of nitro groups is 1. The van der Waals surface area contributed by atoms with Crippen LogP contribution in [0.5, 0.6) is 11.5 Å². The summed E-state index contributed by atoms with van der Waals surface area (Å²) in [5, 5.41) is 21.5. The summed E-state index contributed by atoms with van der Waals surface area (Å²) >= 11 is 3.54. The monoisotopic (exact) mass is 565 g/mol. The van der Waals surface area contributed by atoms with E-state index < -0.39 is 10.8 Å². The Kier molecular flexibility index (Phi) is 7.83. The molecule has 0 spiro atoms. The third-order valence-electron chi connectivity index (χ3n) is 5.73. The molecule has 37 heavy (non-hydrogen) atoms. The number of amides is 1. The molecule has 0 saturated carbocycles. The Labute approximate surface area is 221 Å². The molecule has 0 unspecified atom stereocenters. The zero-order valence-electron chi connectivity index (χ0n) is 20.4. The number of hydrazone groups is 1. The van der Waals surface area contributed by atoms with Crippen LogP contribution in [0, 0.1) is 24.0 Å². The number of halogens is 1. The lowest BCUT2D eigenvalue weighted by atomic mass is 10.1. The van der Waals surface area contributed by atoms with Crippen LogP contribution in [0.2, 0.25) is 0 Å². The van der Waals surface area contributed by atoms with Crippen molar-refractivity contribution in [3.8, 4) is 11.5 Å². The van der Waals surface area contributed by atoms with Gasteiger partial charge < -0.3 is 9.47 Å². The molecule has 4 rings (SSSR count). The van der Waals surface area contributed by atoms with Crippen LogP contribution in [-0.2, 0) is 17.9 Å². The zero-order valence-corrected chi connectivity index (χ0v) is 22.0. The van der Waals surface area contributed by atoms with Gasteiger partial charge in [-0.3, -0.25) is 19.6 Å². The van der Waals surface area contributed by atoms with E-state index in [2.05, 4.69) is 49.8 Å². The highest BCUT2D eigenvalue weighted by molar-refractivity contribution is 9.10. The van der Waals surface area contributed by atoms with Crippen molar-refractivity contribution in [1.29, 1.82) is 0 Å². The molecule has 0 radical (unpaired) electrons. The van der Waals surface area contributed by atoms with Crippen LogP contribution in [0.25, 0.3) is 10.8 Å². The Bertz CT molecular complexity index is 1510.